The number of carboxylic acid groups (broad SMARTS) is 1. The summed E-state index contributed by atoms with van der Waals surface area (Å²) in [6, 6.07) is 3.61. The van der Waals surface area contributed by atoms with E-state index in [1.807, 2.05) is 30.5 Å². The van der Waals surface area contributed by atoms with Crippen LogP contribution in [-0.2, 0) is 25.6 Å². The molecule has 0 aliphatic carbocycles. The Morgan fingerprint density at radius 1 is 1.08 bits per heavy atom. The minimum atomic E-state index is -1.37. The summed E-state index contributed by atoms with van der Waals surface area (Å²) in [6.45, 7) is -0.0180. The molecule has 4 atom stereocenters. The zero-order valence-electron chi connectivity index (χ0n) is 20.1. The van der Waals surface area contributed by atoms with Crippen LogP contribution < -0.4 is 21.3 Å². The number of aliphatic hydroxyl groups excluding tert-OH is 1. The van der Waals surface area contributed by atoms with Gasteiger partial charge in [-0.3, -0.25) is 14.4 Å². The lowest BCUT2D eigenvalue weighted by atomic mass is 10.0. The smallest absolute Gasteiger partial charge is 0.326 e. The number of H-pyrrole nitrogens is 1. The molecule has 1 aliphatic rings. The number of aliphatic carboxylic acids is 1. The molecule has 36 heavy (non-hydrogen) atoms. The maximum atomic E-state index is 13.3. The van der Waals surface area contributed by atoms with Crippen molar-refractivity contribution in [3.63, 3.8) is 0 Å². The molecular weight excluding hydrogens is 486 g/mol. The SMILES string of the molecule is CSCCC(NC(=O)C(CO)NC(=O)C(Cc1c[nH]c2ccccc12)NC(=O)C1CCCN1)C(=O)O. The first-order chi connectivity index (χ1) is 17.3. The molecule has 1 saturated heterocycles. The van der Waals surface area contributed by atoms with Gasteiger partial charge >= 0.3 is 5.97 Å². The van der Waals surface area contributed by atoms with E-state index in [-0.39, 0.29) is 18.7 Å². The highest BCUT2D eigenvalue weighted by atomic mass is 32.2. The molecule has 1 aromatic carbocycles. The van der Waals surface area contributed by atoms with Crippen molar-refractivity contribution in [3.05, 3.63) is 36.0 Å². The third-order valence-corrected chi connectivity index (χ3v) is 6.79. The number of para-hydroxylation sites is 1. The third kappa shape index (κ3) is 7.21. The van der Waals surface area contributed by atoms with Crippen LogP contribution in [0.2, 0.25) is 0 Å². The zero-order chi connectivity index (χ0) is 26.1. The summed E-state index contributed by atoms with van der Waals surface area (Å²) in [4.78, 5) is 53.4. The van der Waals surface area contributed by atoms with Gasteiger partial charge in [0.1, 0.15) is 18.1 Å². The Balaban J connectivity index is 1.74. The van der Waals surface area contributed by atoms with Gasteiger partial charge in [0.15, 0.2) is 0 Å². The van der Waals surface area contributed by atoms with E-state index in [0.717, 1.165) is 22.9 Å². The van der Waals surface area contributed by atoms with Crippen LogP contribution >= 0.6 is 11.8 Å². The summed E-state index contributed by atoms with van der Waals surface area (Å²) in [6.07, 6.45) is 5.44. The average molecular weight is 520 g/mol. The second-order valence-corrected chi connectivity index (χ2v) is 9.68. The van der Waals surface area contributed by atoms with Gasteiger partial charge in [-0.2, -0.15) is 11.8 Å². The molecule has 11 nitrogen and oxygen atoms in total. The van der Waals surface area contributed by atoms with Gasteiger partial charge in [0.25, 0.3) is 0 Å². The predicted octanol–water partition coefficient (Wildman–Crippen LogP) is -0.253. The average Bonchev–Trinajstić information content (AvgIpc) is 3.55. The molecule has 1 aromatic heterocycles. The fourth-order valence-corrected chi connectivity index (χ4v) is 4.61. The summed E-state index contributed by atoms with van der Waals surface area (Å²) in [7, 11) is 0. The number of fused-ring (bicyclic) bond motifs is 1. The van der Waals surface area contributed by atoms with Crippen LogP contribution in [0.4, 0.5) is 0 Å². The molecule has 0 bridgehead atoms. The second-order valence-electron chi connectivity index (χ2n) is 8.70. The predicted molar refractivity (Wildman–Crippen MR) is 137 cm³/mol. The van der Waals surface area contributed by atoms with Gasteiger partial charge in [-0.15, -0.1) is 0 Å². The largest absolute Gasteiger partial charge is 0.480 e. The van der Waals surface area contributed by atoms with E-state index in [1.165, 1.54) is 11.8 Å². The number of hydrogen-bond donors (Lipinski definition) is 7. The van der Waals surface area contributed by atoms with Gasteiger partial charge in [-0.1, -0.05) is 18.2 Å². The lowest BCUT2D eigenvalue weighted by Crippen LogP contribution is -2.58. The van der Waals surface area contributed by atoms with Crippen LogP contribution in [0, 0.1) is 0 Å². The molecule has 0 radical (unpaired) electrons. The van der Waals surface area contributed by atoms with Crippen molar-refractivity contribution >= 4 is 46.4 Å². The van der Waals surface area contributed by atoms with Crippen LogP contribution in [0.25, 0.3) is 10.9 Å². The summed E-state index contributed by atoms with van der Waals surface area (Å²) in [5.74, 6) is -2.47. The van der Waals surface area contributed by atoms with E-state index >= 15 is 0 Å². The van der Waals surface area contributed by atoms with Gasteiger partial charge in [0.2, 0.25) is 17.7 Å². The van der Waals surface area contributed by atoms with Crippen molar-refractivity contribution in [2.24, 2.45) is 0 Å². The number of carbonyl (C=O) groups is 4. The number of carbonyl (C=O) groups excluding carboxylic acids is 3. The molecule has 1 fully saturated rings. The van der Waals surface area contributed by atoms with Crippen molar-refractivity contribution in [3.8, 4) is 0 Å². The first-order valence-electron chi connectivity index (χ1n) is 11.9. The third-order valence-electron chi connectivity index (χ3n) is 6.15. The topological polar surface area (TPSA) is 173 Å². The van der Waals surface area contributed by atoms with Gasteiger partial charge in [-0.25, -0.2) is 4.79 Å². The number of thioether (sulfide) groups is 1. The fourth-order valence-electron chi connectivity index (χ4n) is 4.14. The standard InChI is InChI=1S/C24H33N5O6S/c1-36-10-8-18(24(34)35)27-23(33)20(13-30)29-22(32)19(28-21(31)17-7-4-9-25-17)11-14-12-26-16-6-3-2-5-15(14)16/h2-3,5-6,12,17-20,25-26,30H,4,7-11,13H2,1H3,(H,27,33)(H,28,31)(H,29,32)(H,34,35). The van der Waals surface area contributed by atoms with Crippen LogP contribution in [0.5, 0.6) is 0 Å². The molecule has 2 aromatic rings. The van der Waals surface area contributed by atoms with Gasteiger partial charge < -0.3 is 36.5 Å². The maximum Gasteiger partial charge on any atom is 0.326 e. The van der Waals surface area contributed by atoms with Gasteiger partial charge in [0.05, 0.1) is 12.6 Å². The second kappa shape index (κ2) is 13.3. The molecule has 1 aliphatic heterocycles. The quantitative estimate of drug-likeness (QED) is 0.190. The molecule has 3 rings (SSSR count). The van der Waals surface area contributed by atoms with Crippen molar-refractivity contribution < 1.29 is 29.4 Å². The molecule has 2 heterocycles. The Hall–Kier alpha value is -3.09. The van der Waals surface area contributed by atoms with Crippen LogP contribution in [0.3, 0.4) is 0 Å². The molecule has 12 heteroatoms. The monoisotopic (exact) mass is 519 g/mol. The summed E-state index contributed by atoms with van der Waals surface area (Å²) < 4.78 is 0. The summed E-state index contributed by atoms with van der Waals surface area (Å²) >= 11 is 1.44. The van der Waals surface area contributed by atoms with E-state index in [0.29, 0.717) is 18.7 Å². The Morgan fingerprint density at radius 3 is 2.47 bits per heavy atom. The Labute approximate surface area is 213 Å². The molecule has 0 spiro atoms. The first kappa shape index (κ1) is 27.5. The highest BCUT2D eigenvalue weighted by Gasteiger charge is 2.31. The van der Waals surface area contributed by atoms with E-state index in [9.17, 15) is 29.4 Å². The Kier molecular flexibility index (Phi) is 10.1. The lowest BCUT2D eigenvalue weighted by Gasteiger charge is -2.24. The van der Waals surface area contributed by atoms with Crippen LogP contribution in [0.1, 0.15) is 24.8 Å². The normalized spacial score (nSPS) is 17.8. The van der Waals surface area contributed by atoms with Gasteiger partial charge in [0, 0.05) is 23.5 Å². The lowest BCUT2D eigenvalue weighted by molar-refractivity contribution is -0.142. The van der Waals surface area contributed by atoms with E-state index in [1.54, 1.807) is 6.20 Å². The number of nitrogens with one attached hydrogen (secondary N) is 5. The molecular formula is C24H33N5O6S. The first-order valence-corrected chi connectivity index (χ1v) is 13.3. The number of rotatable bonds is 13. The molecule has 196 valence electrons. The zero-order valence-corrected chi connectivity index (χ0v) is 20.9. The molecule has 0 saturated carbocycles. The number of aromatic amines is 1. The Bertz CT molecular complexity index is 1070. The maximum absolute atomic E-state index is 13.3. The van der Waals surface area contributed by atoms with Crippen molar-refractivity contribution in [2.75, 3.05) is 25.2 Å². The van der Waals surface area contributed by atoms with Crippen molar-refractivity contribution in [1.82, 2.24) is 26.3 Å². The number of benzene rings is 1. The van der Waals surface area contributed by atoms with E-state index < -0.39 is 48.6 Å². The highest BCUT2D eigenvalue weighted by molar-refractivity contribution is 7.98. The highest BCUT2D eigenvalue weighted by Crippen LogP contribution is 2.19. The van der Waals surface area contributed by atoms with Crippen molar-refractivity contribution in [1.29, 1.82) is 0 Å². The summed E-state index contributed by atoms with van der Waals surface area (Å²) in [5, 5.41) is 30.8. The number of hydrogen-bond acceptors (Lipinski definition) is 7. The fraction of sp³-hybridized carbons (Fsp3) is 0.500. The Morgan fingerprint density at radius 2 is 1.81 bits per heavy atom. The number of aliphatic hydroxyl groups is 1. The minimum absolute atomic E-state index is 0.152. The van der Waals surface area contributed by atoms with Crippen LogP contribution in [-0.4, -0.2) is 88.2 Å². The number of aromatic nitrogens is 1. The van der Waals surface area contributed by atoms with Crippen molar-refractivity contribution in [2.45, 2.75) is 49.9 Å². The molecule has 3 amide bonds. The molecule has 4 unspecified atom stereocenters. The van der Waals surface area contributed by atoms with Crippen LogP contribution in [0.15, 0.2) is 30.5 Å². The summed E-state index contributed by atoms with van der Waals surface area (Å²) in [5.41, 5.74) is 1.69. The van der Waals surface area contributed by atoms with E-state index in [2.05, 4.69) is 26.3 Å². The molecule has 7 N–H and O–H groups in total. The van der Waals surface area contributed by atoms with E-state index in [4.69, 9.17) is 0 Å². The van der Waals surface area contributed by atoms with Gasteiger partial charge in [-0.05, 0) is 49.4 Å². The number of amides is 3. The minimum Gasteiger partial charge on any atom is -0.480 e. The number of carboxylic acids is 1.